The third-order valence-electron chi connectivity index (χ3n) is 2.92. The fourth-order valence-electron chi connectivity index (χ4n) is 1.74. The molecule has 0 saturated heterocycles. The van der Waals surface area contributed by atoms with Crippen molar-refractivity contribution in [2.75, 3.05) is 13.1 Å². The van der Waals surface area contributed by atoms with Gasteiger partial charge in [0.1, 0.15) is 14.9 Å². The molecular formula is C12H15ClN4O2S3. The Balaban J connectivity index is 2.09. The Labute approximate surface area is 143 Å². The zero-order valence-electron chi connectivity index (χ0n) is 12.1. The van der Waals surface area contributed by atoms with Crippen LogP contribution in [0.5, 0.6) is 0 Å². The Kier molecular flexibility index (Phi) is 6.16. The van der Waals surface area contributed by atoms with Gasteiger partial charge in [-0.3, -0.25) is 0 Å². The summed E-state index contributed by atoms with van der Waals surface area (Å²) in [5, 5.41) is 4.63. The molecule has 0 aromatic carbocycles. The summed E-state index contributed by atoms with van der Waals surface area (Å²) < 4.78 is 30.4. The van der Waals surface area contributed by atoms with Crippen LogP contribution in [0.2, 0.25) is 4.34 Å². The smallest absolute Gasteiger partial charge is 0.244 e. The highest BCUT2D eigenvalue weighted by atomic mass is 35.5. The summed E-state index contributed by atoms with van der Waals surface area (Å²) in [5.41, 5.74) is 0.707. The van der Waals surface area contributed by atoms with E-state index in [1.807, 2.05) is 13.8 Å². The highest BCUT2D eigenvalue weighted by molar-refractivity contribution is 7.98. The van der Waals surface area contributed by atoms with Crippen molar-refractivity contribution in [1.29, 1.82) is 0 Å². The first kappa shape index (κ1) is 17.6. The van der Waals surface area contributed by atoms with E-state index in [4.69, 9.17) is 11.6 Å². The third-order valence-corrected chi connectivity index (χ3v) is 6.89. The van der Waals surface area contributed by atoms with Gasteiger partial charge in [0.2, 0.25) is 10.0 Å². The number of nitrogens with zero attached hydrogens (tertiary/aromatic N) is 4. The molecule has 2 rings (SSSR count). The van der Waals surface area contributed by atoms with E-state index in [1.54, 1.807) is 12.1 Å². The molecule has 2 aromatic rings. The lowest BCUT2D eigenvalue weighted by Crippen LogP contribution is -2.30. The second-order valence-electron chi connectivity index (χ2n) is 4.20. The fraction of sp³-hybridized carbons (Fsp3) is 0.417. The largest absolute Gasteiger partial charge is 0.249 e. The minimum absolute atomic E-state index is 0.203. The number of pyridine rings is 1. The molecule has 0 aliphatic heterocycles. The summed E-state index contributed by atoms with van der Waals surface area (Å²) in [5.74, 6) is 0.546. The van der Waals surface area contributed by atoms with Crippen molar-refractivity contribution < 1.29 is 8.42 Å². The van der Waals surface area contributed by atoms with E-state index in [0.29, 0.717) is 33.9 Å². The summed E-state index contributed by atoms with van der Waals surface area (Å²) in [6.45, 7) is 4.49. The average Bonchev–Trinajstić information content (AvgIpc) is 2.92. The maximum absolute atomic E-state index is 12.3. The van der Waals surface area contributed by atoms with Crippen LogP contribution in [0.15, 0.2) is 28.3 Å². The van der Waals surface area contributed by atoms with Gasteiger partial charge in [0.25, 0.3) is 0 Å². The van der Waals surface area contributed by atoms with Crippen molar-refractivity contribution in [3.8, 4) is 0 Å². The first-order chi connectivity index (χ1) is 10.5. The van der Waals surface area contributed by atoms with E-state index in [1.165, 1.54) is 22.3 Å². The topological polar surface area (TPSA) is 76.1 Å². The van der Waals surface area contributed by atoms with Gasteiger partial charge in [-0.1, -0.05) is 41.7 Å². The maximum atomic E-state index is 12.3. The van der Waals surface area contributed by atoms with Crippen LogP contribution < -0.4 is 0 Å². The van der Waals surface area contributed by atoms with Crippen LogP contribution >= 0.6 is 34.9 Å². The van der Waals surface area contributed by atoms with E-state index < -0.39 is 10.0 Å². The van der Waals surface area contributed by atoms with E-state index in [9.17, 15) is 8.42 Å². The summed E-state index contributed by atoms with van der Waals surface area (Å²) in [7, 11) is -3.46. The van der Waals surface area contributed by atoms with Gasteiger partial charge in [-0.25, -0.2) is 13.4 Å². The molecule has 0 saturated carbocycles. The molecule has 120 valence electrons. The summed E-state index contributed by atoms with van der Waals surface area (Å²) in [6.07, 6.45) is 1.39. The van der Waals surface area contributed by atoms with Crippen molar-refractivity contribution >= 4 is 44.9 Å². The van der Waals surface area contributed by atoms with Gasteiger partial charge < -0.3 is 0 Å². The molecule has 2 aromatic heterocycles. The minimum atomic E-state index is -3.46. The predicted octanol–water partition coefficient (Wildman–Crippen LogP) is 2.91. The van der Waals surface area contributed by atoms with E-state index in [0.717, 1.165) is 11.5 Å². The van der Waals surface area contributed by atoms with Crippen LogP contribution in [0.4, 0.5) is 0 Å². The SMILES string of the molecule is CCN(CC)S(=O)(=O)c1ccc(SCc2nnsc2Cl)nc1. The number of aromatic nitrogens is 3. The number of thioether (sulfide) groups is 1. The fourth-order valence-corrected chi connectivity index (χ4v) is 4.72. The zero-order chi connectivity index (χ0) is 16.2. The Morgan fingerprint density at radius 1 is 1.32 bits per heavy atom. The third kappa shape index (κ3) is 3.96. The number of hydrogen-bond acceptors (Lipinski definition) is 7. The molecule has 10 heteroatoms. The number of sulfonamides is 1. The van der Waals surface area contributed by atoms with Crippen LogP contribution in [0.25, 0.3) is 0 Å². The Morgan fingerprint density at radius 3 is 2.55 bits per heavy atom. The van der Waals surface area contributed by atoms with E-state index in [2.05, 4.69) is 14.6 Å². The molecule has 0 radical (unpaired) electrons. The quantitative estimate of drug-likeness (QED) is 0.689. The van der Waals surface area contributed by atoms with Crippen LogP contribution in [-0.4, -0.2) is 40.4 Å². The van der Waals surface area contributed by atoms with E-state index >= 15 is 0 Å². The Bertz CT molecular complexity index is 714. The number of hydrogen-bond donors (Lipinski definition) is 0. The molecule has 0 N–H and O–H groups in total. The van der Waals surface area contributed by atoms with Crippen molar-refractivity contribution in [3.63, 3.8) is 0 Å². The van der Waals surface area contributed by atoms with Crippen LogP contribution in [0.1, 0.15) is 19.5 Å². The number of halogens is 1. The molecule has 22 heavy (non-hydrogen) atoms. The van der Waals surface area contributed by atoms with Gasteiger partial charge in [-0.2, -0.15) is 4.31 Å². The van der Waals surface area contributed by atoms with Gasteiger partial charge in [0.15, 0.2) is 0 Å². The molecule has 6 nitrogen and oxygen atoms in total. The molecule has 0 aliphatic rings. The molecule has 0 aliphatic carbocycles. The lowest BCUT2D eigenvalue weighted by molar-refractivity contribution is 0.445. The minimum Gasteiger partial charge on any atom is -0.249 e. The monoisotopic (exact) mass is 378 g/mol. The normalized spacial score (nSPS) is 12.0. The summed E-state index contributed by atoms with van der Waals surface area (Å²) in [6, 6.07) is 3.26. The predicted molar refractivity (Wildman–Crippen MR) is 88.8 cm³/mol. The lowest BCUT2D eigenvalue weighted by Gasteiger charge is -2.18. The first-order valence-electron chi connectivity index (χ1n) is 6.54. The summed E-state index contributed by atoms with van der Waals surface area (Å²) in [4.78, 5) is 4.40. The molecule has 2 heterocycles. The highest BCUT2D eigenvalue weighted by Crippen LogP contribution is 2.26. The van der Waals surface area contributed by atoms with Crippen LogP contribution in [0.3, 0.4) is 0 Å². The molecule has 0 bridgehead atoms. The Morgan fingerprint density at radius 2 is 2.05 bits per heavy atom. The molecule has 0 atom stereocenters. The first-order valence-corrected chi connectivity index (χ1v) is 10.1. The average molecular weight is 379 g/mol. The van der Waals surface area contributed by atoms with Crippen molar-refractivity contribution in [2.24, 2.45) is 0 Å². The molecule has 0 unspecified atom stereocenters. The van der Waals surface area contributed by atoms with Gasteiger partial charge in [-0.05, 0) is 12.1 Å². The van der Waals surface area contributed by atoms with E-state index in [-0.39, 0.29) is 4.90 Å². The van der Waals surface area contributed by atoms with Crippen molar-refractivity contribution in [3.05, 3.63) is 28.4 Å². The lowest BCUT2D eigenvalue weighted by atomic mass is 10.5. The molecule has 0 spiro atoms. The number of rotatable bonds is 7. The second kappa shape index (κ2) is 7.69. The molecule has 0 fully saturated rings. The molecule has 0 amide bonds. The molecular weight excluding hydrogens is 364 g/mol. The van der Waals surface area contributed by atoms with Crippen LogP contribution in [-0.2, 0) is 15.8 Å². The van der Waals surface area contributed by atoms with Crippen molar-refractivity contribution in [2.45, 2.75) is 29.5 Å². The van der Waals surface area contributed by atoms with Gasteiger partial charge in [0, 0.05) is 36.6 Å². The Hall–Kier alpha value is -0.740. The van der Waals surface area contributed by atoms with Gasteiger partial charge in [0.05, 0.1) is 5.03 Å². The zero-order valence-corrected chi connectivity index (χ0v) is 15.3. The van der Waals surface area contributed by atoms with Crippen LogP contribution in [0, 0.1) is 0 Å². The highest BCUT2D eigenvalue weighted by Gasteiger charge is 2.21. The van der Waals surface area contributed by atoms with Crippen molar-refractivity contribution in [1.82, 2.24) is 18.9 Å². The summed E-state index contributed by atoms with van der Waals surface area (Å²) >= 11 is 8.50. The van der Waals surface area contributed by atoms with Gasteiger partial charge in [-0.15, -0.1) is 5.10 Å². The van der Waals surface area contributed by atoms with Gasteiger partial charge >= 0.3 is 0 Å². The standard InChI is InChI=1S/C12H15ClN4O2S3/c1-3-17(4-2)22(18,19)9-5-6-11(14-7-9)20-8-10-12(13)21-16-15-10/h5-7H,3-4,8H2,1-2H3. The second-order valence-corrected chi connectivity index (χ2v) is 8.49. The maximum Gasteiger partial charge on any atom is 0.244 e.